The van der Waals surface area contributed by atoms with Gasteiger partial charge in [0.2, 0.25) is 4.96 Å². The minimum atomic E-state index is -0.210. The molecule has 0 fully saturated rings. The van der Waals surface area contributed by atoms with Crippen LogP contribution in [0, 0.1) is 12.8 Å². The van der Waals surface area contributed by atoms with Gasteiger partial charge in [-0.3, -0.25) is 4.79 Å². The number of rotatable bonds is 13. The Morgan fingerprint density at radius 2 is 1.70 bits per heavy atom. The maximum Gasteiger partial charge on any atom is 0.291 e. The molecule has 0 spiro atoms. The van der Waals surface area contributed by atoms with E-state index < -0.39 is 0 Å². The van der Waals surface area contributed by atoms with E-state index in [9.17, 15) is 4.79 Å². The van der Waals surface area contributed by atoms with E-state index in [0.717, 1.165) is 70.8 Å². The SMILES string of the molecule is CCCCCOc1ccc(-c2nc3sc(=Cc4cn(-c5ccccc5)nc4-c4ccc(OCCC(C)C)c(C)c4)c(=O)n3n2)cc1. The molecule has 3 aromatic carbocycles. The van der Waals surface area contributed by atoms with Crippen LogP contribution in [-0.2, 0) is 0 Å². The van der Waals surface area contributed by atoms with E-state index in [1.807, 2.05) is 90.6 Å². The van der Waals surface area contributed by atoms with Crippen molar-refractivity contribution >= 4 is 22.4 Å². The summed E-state index contributed by atoms with van der Waals surface area (Å²) in [6.07, 6.45) is 8.20. The third kappa shape index (κ3) is 7.05. The van der Waals surface area contributed by atoms with Crippen LogP contribution in [0.25, 0.3) is 39.4 Å². The van der Waals surface area contributed by atoms with Gasteiger partial charge in [0.05, 0.1) is 23.4 Å². The Labute approximate surface area is 273 Å². The average Bonchev–Trinajstić information content (AvgIpc) is 3.75. The van der Waals surface area contributed by atoms with Crippen molar-refractivity contribution in [3.8, 4) is 39.8 Å². The molecule has 0 amide bonds. The fourth-order valence-corrected chi connectivity index (χ4v) is 6.03. The molecule has 0 unspecified atom stereocenters. The lowest BCUT2D eigenvalue weighted by atomic mass is 10.0. The average molecular weight is 634 g/mol. The van der Waals surface area contributed by atoms with Crippen LogP contribution in [-0.4, -0.2) is 37.6 Å². The van der Waals surface area contributed by atoms with Crippen molar-refractivity contribution in [3.05, 3.63) is 105 Å². The Morgan fingerprint density at radius 3 is 2.41 bits per heavy atom. The molecule has 0 atom stereocenters. The van der Waals surface area contributed by atoms with Crippen LogP contribution in [0.1, 0.15) is 57.6 Å². The fraction of sp³-hybridized carbons (Fsp3) is 0.297. The van der Waals surface area contributed by atoms with Crippen molar-refractivity contribution in [3.63, 3.8) is 0 Å². The molecule has 6 rings (SSSR count). The first-order valence-electron chi connectivity index (χ1n) is 15.9. The van der Waals surface area contributed by atoms with Crippen LogP contribution in [0.15, 0.2) is 83.8 Å². The van der Waals surface area contributed by atoms with E-state index in [2.05, 4.69) is 36.9 Å². The molecular weight excluding hydrogens is 595 g/mol. The summed E-state index contributed by atoms with van der Waals surface area (Å²) in [5, 5.41) is 9.52. The van der Waals surface area contributed by atoms with Crippen molar-refractivity contribution in [2.75, 3.05) is 13.2 Å². The number of unbranched alkanes of at least 4 members (excludes halogenated alkanes) is 2. The van der Waals surface area contributed by atoms with E-state index in [0.29, 0.717) is 34.4 Å². The molecule has 9 heteroatoms. The smallest absolute Gasteiger partial charge is 0.291 e. The summed E-state index contributed by atoms with van der Waals surface area (Å²) in [5.74, 6) is 2.78. The third-order valence-corrected chi connectivity index (χ3v) is 8.72. The predicted octanol–water partition coefficient (Wildman–Crippen LogP) is 7.52. The van der Waals surface area contributed by atoms with Crippen molar-refractivity contribution in [1.82, 2.24) is 24.4 Å². The molecule has 0 radical (unpaired) electrons. The largest absolute Gasteiger partial charge is 0.494 e. The van der Waals surface area contributed by atoms with Gasteiger partial charge in [0.1, 0.15) is 17.2 Å². The lowest BCUT2D eigenvalue weighted by Gasteiger charge is -2.11. The van der Waals surface area contributed by atoms with Crippen molar-refractivity contribution in [2.45, 2.75) is 53.4 Å². The van der Waals surface area contributed by atoms with Gasteiger partial charge in [-0.15, -0.1) is 5.10 Å². The molecule has 3 aromatic heterocycles. The molecule has 0 aliphatic heterocycles. The summed E-state index contributed by atoms with van der Waals surface area (Å²) < 4.78 is 15.7. The number of ether oxygens (including phenoxy) is 2. The fourth-order valence-electron chi connectivity index (χ4n) is 5.13. The van der Waals surface area contributed by atoms with Crippen LogP contribution in [0.5, 0.6) is 11.5 Å². The second-order valence-electron chi connectivity index (χ2n) is 11.8. The number of para-hydroxylation sites is 1. The van der Waals surface area contributed by atoms with Crippen LogP contribution in [0.2, 0.25) is 0 Å². The summed E-state index contributed by atoms with van der Waals surface area (Å²) >= 11 is 1.32. The molecule has 0 N–H and O–H groups in total. The lowest BCUT2D eigenvalue weighted by molar-refractivity contribution is 0.288. The van der Waals surface area contributed by atoms with Crippen molar-refractivity contribution in [2.24, 2.45) is 5.92 Å². The van der Waals surface area contributed by atoms with E-state index in [1.165, 1.54) is 15.9 Å². The Bertz CT molecular complexity index is 2030. The molecule has 0 saturated carbocycles. The number of fused-ring (bicyclic) bond motifs is 1. The summed E-state index contributed by atoms with van der Waals surface area (Å²) in [4.78, 5) is 18.8. The number of thiazole rings is 1. The molecule has 0 aliphatic rings. The molecule has 0 aliphatic carbocycles. The monoisotopic (exact) mass is 633 g/mol. The summed E-state index contributed by atoms with van der Waals surface area (Å²) in [6, 6.07) is 23.8. The van der Waals surface area contributed by atoms with Crippen LogP contribution in [0.3, 0.4) is 0 Å². The van der Waals surface area contributed by atoms with Gasteiger partial charge in [0.25, 0.3) is 5.56 Å². The number of hydrogen-bond donors (Lipinski definition) is 0. The normalized spacial score (nSPS) is 12.0. The number of hydrogen-bond acceptors (Lipinski definition) is 7. The highest BCUT2D eigenvalue weighted by Crippen LogP contribution is 2.29. The number of aryl methyl sites for hydroxylation is 1. The van der Waals surface area contributed by atoms with Crippen LogP contribution >= 0.6 is 11.3 Å². The van der Waals surface area contributed by atoms with Gasteiger partial charge in [-0.05, 0) is 91.9 Å². The number of nitrogens with zero attached hydrogens (tertiary/aromatic N) is 5. The standard InChI is InChI=1S/C37H39N5O3S/c1-5-6-10-20-44-31-16-13-27(14-17-31)35-38-37-42(40-35)36(43)33(46-37)23-29-24-41(30-11-8-7-9-12-30)39-34(29)28-15-18-32(26(4)22-28)45-21-19-25(2)3/h7-9,11-18,22-25H,5-6,10,19-21H2,1-4H3. The Kier molecular flexibility index (Phi) is 9.59. The first-order chi connectivity index (χ1) is 22.4. The molecule has 46 heavy (non-hydrogen) atoms. The highest BCUT2D eigenvalue weighted by atomic mass is 32.1. The molecular formula is C37H39N5O3S. The van der Waals surface area contributed by atoms with E-state index in [-0.39, 0.29) is 5.56 Å². The van der Waals surface area contributed by atoms with Crippen LogP contribution < -0.4 is 19.6 Å². The van der Waals surface area contributed by atoms with Gasteiger partial charge in [-0.1, -0.05) is 63.1 Å². The molecule has 0 saturated heterocycles. The predicted molar refractivity (Wildman–Crippen MR) is 185 cm³/mol. The molecule has 3 heterocycles. The topological polar surface area (TPSA) is 83.5 Å². The number of aromatic nitrogens is 5. The third-order valence-electron chi connectivity index (χ3n) is 7.76. The minimum Gasteiger partial charge on any atom is -0.494 e. The summed E-state index contributed by atoms with van der Waals surface area (Å²) in [7, 11) is 0. The van der Waals surface area contributed by atoms with Crippen molar-refractivity contribution < 1.29 is 9.47 Å². The molecule has 6 aromatic rings. The van der Waals surface area contributed by atoms with E-state index in [4.69, 9.17) is 14.6 Å². The highest BCUT2D eigenvalue weighted by molar-refractivity contribution is 7.15. The highest BCUT2D eigenvalue weighted by Gasteiger charge is 2.16. The Balaban J connectivity index is 1.31. The zero-order valence-corrected chi connectivity index (χ0v) is 27.6. The maximum atomic E-state index is 13.6. The van der Waals surface area contributed by atoms with Gasteiger partial charge in [0, 0.05) is 22.9 Å². The zero-order valence-electron chi connectivity index (χ0n) is 26.8. The molecule has 8 nitrogen and oxygen atoms in total. The quantitative estimate of drug-likeness (QED) is 0.122. The summed E-state index contributed by atoms with van der Waals surface area (Å²) in [5.41, 5.74) is 5.14. The van der Waals surface area contributed by atoms with Gasteiger partial charge in [-0.2, -0.15) is 14.6 Å². The lowest BCUT2D eigenvalue weighted by Crippen LogP contribution is -2.23. The van der Waals surface area contributed by atoms with Gasteiger partial charge in [-0.25, -0.2) is 4.68 Å². The number of benzene rings is 3. The van der Waals surface area contributed by atoms with E-state index in [1.54, 1.807) is 0 Å². The summed E-state index contributed by atoms with van der Waals surface area (Å²) in [6.45, 7) is 9.99. The zero-order chi connectivity index (χ0) is 32.0. The van der Waals surface area contributed by atoms with Gasteiger partial charge < -0.3 is 9.47 Å². The first-order valence-corrected chi connectivity index (χ1v) is 16.7. The second kappa shape index (κ2) is 14.1. The Hall–Kier alpha value is -4.76. The van der Waals surface area contributed by atoms with Crippen molar-refractivity contribution in [1.29, 1.82) is 0 Å². The van der Waals surface area contributed by atoms with Gasteiger partial charge in [0.15, 0.2) is 5.82 Å². The molecule has 236 valence electrons. The minimum absolute atomic E-state index is 0.210. The van der Waals surface area contributed by atoms with Crippen LogP contribution in [0.4, 0.5) is 0 Å². The second-order valence-corrected chi connectivity index (χ2v) is 12.9. The Morgan fingerprint density at radius 1 is 0.913 bits per heavy atom. The van der Waals surface area contributed by atoms with E-state index >= 15 is 0 Å². The van der Waals surface area contributed by atoms with Gasteiger partial charge >= 0.3 is 0 Å². The maximum absolute atomic E-state index is 13.6. The molecule has 0 bridgehead atoms. The first kappa shape index (κ1) is 31.2.